The number of aromatic nitrogens is 2. The first-order valence-corrected chi connectivity index (χ1v) is 6.32. The Morgan fingerprint density at radius 1 is 1.32 bits per heavy atom. The molecule has 1 aliphatic heterocycles. The van der Waals surface area contributed by atoms with E-state index in [2.05, 4.69) is 10.3 Å². The van der Waals surface area contributed by atoms with Crippen LogP contribution in [0, 0.1) is 11.7 Å². The third-order valence-corrected chi connectivity index (χ3v) is 3.55. The molecule has 0 bridgehead atoms. The number of hydrogen-bond donors (Lipinski definition) is 2. The molecule has 6 heteroatoms. The first-order chi connectivity index (χ1) is 9.16. The van der Waals surface area contributed by atoms with Crippen LogP contribution in [0.4, 0.5) is 4.39 Å². The summed E-state index contributed by atoms with van der Waals surface area (Å²) in [5.74, 6) is -0.789. The molecule has 2 heterocycles. The van der Waals surface area contributed by atoms with Crippen molar-refractivity contribution in [3.63, 3.8) is 0 Å². The molecule has 0 spiro atoms. The lowest BCUT2D eigenvalue weighted by atomic mass is 9.97. The molecular formula is C13H14FN3O2. The van der Waals surface area contributed by atoms with Crippen LogP contribution in [-0.2, 0) is 0 Å². The summed E-state index contributed by atoms with van der Waals surface area (Å²) in [6.45, 7) is 1.56. The Balaban J connectivity index is 2.06. The molecular weight excluding hydrogens is 249 g/mol. The molecule has 0 unspecified atom stereocenters. The maximum Gasteiger partial charge on any atom is 0.333 e. The molecule has 1 aromatic heterocycles. The molecule has 0 amide bonds. The number of hydrogen-bond acceptors (Lipinski definition) is 3. The van der Waals surface area contributed by atoms with Crippen molar-refractivity contribution < 1.29 is 9.18 Å². The van der Waals surface area contributed by atoms with Crippen LogP contribution in [0.25, 0.3) is 11.0 Å². The second kappa shape index (κ2) is 4.62. The van der Waals surface area contributed by atoms with Crippen LogP contribution in [0.2, 0.25) is 0 Å². The largest absolute Gasteiger partial charge is 0.333 e. The van der Waals surface area contributed by atoms with Crippen LogP contribution in [0.5, 0.6) is 0 Å². The molecule has 1 aliphatic rings. The molecule has 19 heavy (non-hydrogen) atoms. The summed E-state index contributed by atoms with van der Waals surface area (Å²) in [5.41, 5.74) is 0.298. The van der Waals surface area contributed by atoms with Gasteiger partial charge < -0.3 is 10.3 Å². The van der Waals surface area contributed by atoms with Crippen molar-refractivity contribution in [2.45, 2.75) is 12.8 Å². The monoisotopic (exact) mass is 263 g/mol. The van der Waals surface area contributed by atoms with E-state index in [0.29, 0.717) is 11.0 Å². The number of rotatable bonds is 1. The Hall–Kier alpha value is -1.95. The number of piperidine rings is 1. The molecule has 1 aromatic carbocycles. The van der Waals surface area contributed by atoms with E-state index in [1.54, 1.807) is 0 Å². The van der Waals surface area contributed by atoms with Gasteiger partial charge in [0.1, 0.15) is 5.82 Å². The first-order valence-electron chi connectivity index (χ1n) is 6.32. The molecule has 2 N–H and O–H groups in total. The minimum atomic E-state index is -0.496. The van der Waals surface area contributed by atoms with Crippen molar-refractivity contribution in [1.82, 2.24) is 14.9 Å². The van der Waals surface area contributed by atoms with Gasteiger partial charge in [-0.15, -0.1) is 0 Å². The summed E-state index contributed by atoms with van der Waals surface area (Å²) < 4.78 is 14.2. The SMILES string of the molecule is O=C(C1CCNCC1)n1c(=O)[nH]c2cc(F)ccc21. The molecule has 1 saturated heterocycles. The molecule has 3 rings (SSSR count). The zero-order chi connectivity index (χ0) is 13.4. The highest BCUT2D eigenvalue weighted by atomic mass is 19.1. The maximum atomic E-state index is 13.1. The molecule has 0 aliphatic carbocycles. The molecule has 0 atom stereocenters. The molecule has 1 fully saturated rings. The van der Waals surface area contributed by atoms with E-state index in [9.17, 15) is 14.0 Å². The fourth-order valence-electron chi connectivity index (χ4n) is 2.55. The fourth-order valence-corrected chi connectivity index (χ4v) is 2.55. The lowest BCUT2D eigenvalue weighted by molar-refractivity contribution is 0.0808. The fraction of sp³-hybridized carbons (Fsp3) is 0.385. The lowest BCUT2D eigenvalue weighted by Crippen LogP contribution is -2.37. The van der Waals surface area contributed by atoms with Crippen molar-refractivity contribution in [3.05, 3.63) is 34.5 Å². The standard InChI is InChI=1S/C13H14FN3O2/c14-9-1-2-11-10(7-9)16-13(19)17(11)12(18)8-3-5-15-6-4-8/h1-2,7-8,15H,3-6H2,(H,16,19). The highest BCUT2D eigenvalue weighted by molar-refractivity contribution is 5.91. The van der Waals surface area contributed by atoms with Gasteiger partial charge in [-0.2, -0.15) is 0 Å². The number of carbonyl (C=O) groups excluding carboxylic acids is 1. The maximum absolute atomic E-state index is 13.1. The quantitative estimate of drug-likeness (QED) is 0.810. The summed E-state index contributed by atoms with van der Waals surface area (Å²) in [7, 11) is 0. The Kier molecular flexibility index (Phi) is 2.94. The molecule has 0 radical (unpaired) electrons. The smallest absolute Gasteiger partial charge is 0.317 e. The average molecular weight is 263 g/mol. The van der Waals surface area contributed by atoms with Crippen LogP contribution in [0.15, 0.2) is 23.0 Å². The Morgan fingerprint density at radius 3 is 2.79 bits per heavy atom. The van der Waals surface area contributed by atoms with E-state index >= 15 is 0 Å². The Bertz CT molecular complexity index is 683. The van der Waals surface area contributed by atoms with Gasteiger partial charge in [-0.3, -0.25) is 4.79 Å². The average Bonchev–Trinajstić information content (AvgIpc) is 2.74. The van der Waals surface area contributed by atoms with Crippen molar-refractivity contribution >= 4 is 16.9 Å². The number of aromatic amines is 1. The topological polar surface area (TPSA) is 66.9 Å². The Morgan fingerprint density at radius 2 is 2.05 bits per heavy atom. The van der Waals surface area contributed by atoms with Crippen LogP contribution < -0.4 is 11.0 Å². The highest BCUT2D eigenvalue weighted by Crippen LogP contribution is 2.18. The molecule has 100 valence electrons. The van der Waals surface area contributed by atoms with Gasteiger partial charge in [-0.05, 0) is 44.1 Å². The lowest BCUT2D eigenvalue weighted by Gasteiger charge is -2.21. The van der Waals surface area contributed by atoms with Gasteiger partial charge in [0.25, 0.3) is 0 Å². The summed E-state index contributed by atoms with van der Waals surface area (Å²) in [6, 6.07) is 3.94. The van der Waals surface area contributed by atoms with Gasteiger partial charge in [-0.1, -0.05) is 0 Å². The summed E-state index contributed by atoms with van der Waals surface area (Å²) >= 11 is 0. The predicted molar refractivity (Wildman–Crippen MR) is 68.7 cm³/mol. The van der Waals surface area contributed by atoms with Gasteiger partial charge in [0.05, 0.1) is 11.0 Å². The van der Waals surface area contributed by atoms with E-state index in [1.165, 1.54) is 18.2 Å². The second-order valence-corrected chi connectivity index (χ2v) is 4.79. The van der Waals surface area contributed by atoms with E-state index < -0.39 is 11.5 Å². The van der Waals surface area contributed by atoms with Crippen LogP contribution in [0.1, 0.15) is 17.6 Å². The first kappa shape index (κ1) is 12.1. The van der Waals surface area contributed by atoms with Crippen molar-refractivity contribution in [2.75, 3.05) is 13.1 Å². The van der Waals surface area contributed by atoms with Crippen LogP contribution in [-0.4, -0.2) is 28.5 Å². The normalized spacial score (nSPS) is 16.9. The van der Waals surface area contributed by atoms with Gasteiger partial charge >= 0.3 is 5.69 Å². The number of H-pyrrole nitrogens is 1. The second-order valence-electron chi connectivity index (χ2n) is 4.79. The van der Waals surface area contributed by atoms with Gasteiger partial charge in [0, 0.05) is 5.92 Å². The van der Waals surface area contributed by atoms with Gasteiger partial charge in [0.15, 0.2) is 0 Å². The number of benzene rings is 1. The van der Waals surface area contributed by atoms with E-state index in [1.807, 2.05) is 0 Å². The molecule has 5 nitrogen and oxygen atoms in total. The van der Waals surface area contributed by atoms with Crippen molar-refractivity contribution in [2.24, 2.45) is 5.92 Å². The third-order valence-electron chi connectivity index (χ3n) is 3.55. The van der Waals surface area contributed by atoms with Crippen LogP contribution in [0.3, 0.4) is 0 Å². The number of carbonyl (C=O) groups is 1. The molecule has 0 saturated carbocycles. The van der Waals surface area contributed by atoms with Gasteiger partial charge in [0.2, 0.25) is 5.91 Å². The van der Waals surface area contributed by atoms with Crippen LogP contribution >= 0.6 is 0 Å². The number of imidazole rings is 1. The number of nitrogens with one attached hydrogen (secondary N) is 2. The minimum absolute atomic E-state index is 0.150. The third kappa shape index (κ3) is 2.08. The Labute approximate surface area is 108 Å². The zero-order valence-electron chi connectivity index (χ0n) is 10.3. The summed E-state index contributed by atoms with van der Waals surface area (Å²) in [6.07, 6.45) is 1.44. The zero-order valence-corrected chi connectivity index (χ0v) is 10.3. The summed E-state index contributed by atoms with van der Waals surface area (Å²) in [4.78, 5) is 26.8. The number of halogens is 1. The van der Waals surface area contributed by atoms with Crippen molar-refractivity contribution in [3.8, 4) is 0 Å². The minimum Gasteiger partial charge on any atom is -0.317 e. The highest BCUT2D eigenvalue weighted by Gasteiger charge is 2.25. The number of fused-ring (bicyclic) bond motifs is 1. The van der Waals surface area contributed by atoms with Gasteiger partial charge in [-0.25, -0.2) is 13.8 Å². The number of nitrogens with zero attached hydrogens (tertiary/aromatic N) is 1. The molecule has 2 aromatic rings. The van der Waals surface area contributed by atoms with Crippen molar-refractivity contribution in [1.29, 1.82) is 0 Å². The summed E-state index contributed by atoms with van der Waals surface area (Å²) in [5, 5.41) is 3.18. The van der Waals surface area contributed by atoms with E-state index in [4.69, 9.17) is 0 Å². The van der Waals surface area contributed by atoms with E-state index in [-0.39, 0.29) is 11.8 Å². The van der Waals surface area contributed by atoms with E-state index in [0.717, 1.165) is 30.5 Å². The predicted octanol–water partition coefficient (Wildman–Crippen LogP) is 1.11.